The molecule has 0 unspecified atom stereocenters. The minimum atomic E-state index is -1.44. The molecule has 8 amide bonds. The zero-order valence-electron chi connectivity index (χ0n) is 50.3. The Balaban J connectivity index is 1.29. The lowest BCUT2D eigenvalue weighted by molar-refractivity contribution is -0.142. The Labute approximate surface area is 510 Å². The van der Waals surface area contributed by atoms with Gasteiger partial charge in [0.15, 0.2) is 5.96 Å². The van der Waals surface area contributed by atoms with Gasteiger partial charge in [-0.15, -0.1) is 0 Å². The highest BCUT2D eigenvalue weighted by atomic mass is 16.4. The lowest BCUT2D eigenvalue weighted by Crippen LogP contribution is -2.61. The van der Waals surface area contributed by atoms with Crippen molar-refractivity contribution >= 4 is 91.9 Å². The van der Waals surface area contributed by atoms with E-state index in [0.717, 1.165) is 32.7 Å². The maximum Gasteiger partial charge on any atom is 0.326 e. The Bertz CT molecular complexity index is 3400. The van der Waals surface area contributed by atoms with Gasteiger partial charge in [-0.25, -0.2) is 4.79 Å². The summed E-state index contributed by atoms with van der Waals surface area (Å²) in [5.41, 5.74) is 32.6. The van der Waals surface area contributed by atoms with E-state index < -0.39 is 102 Å². The van der Waals surface area contributed by atoms with Gasteiger partial charge in [0.2, 0.25) is 47.3 Å². The number of aromatic amines is 3. The Morgan fingerprint density at radius 2 is 0.830 bits per heavy atom. The van der Waals surface area contributed by atoms with Crippen LogP contribution in [-0.4, -0.2) is 141 Å². The molecule has 0 radical (unpaired) electrons. The molecule has 21 N–H and O–H groups in total. The summed E-state index contributed by atoms with van der Waals surface area (Å²) in [6.07, 6.45) is 5.82. The fourth-order valence-electron chi connectivity index (χ4n) is 10.5. The molecule has 474 valence electrons. The van der Waals surface area contributed by atoms with Crippen LogP contribution >= 0.6 is 0 Å². The molecule has 3 aromatic carbocycles. The van der Waals surface area contributed by atoms with E-state index in [-0.39, 0.29) is 88.5 Å². The number of nitrogens with one attached hydrogen (secondary N) is 10. The minimum Gasteiger partial charge on any atom is -0.480 e. The number of aliphatic imine (C=N–C) groups is 1. The molecule has 0 bridgehead atoms. The zero-order valence-corrected chi connectivity index (χ0v) is 50.3. The molecule has 0 fully saturated rings. The van der Waals surface area contributed by atoms with Crippen molar-refractivity contribution in [2.75, 3.05) is 13.1 Å². The largest absolute Gasteiger partial charge is 0.480 e. The monoisotopic (exact) mass is 1210 g/mol. The summed E-state index contributed by atoms with van der Waals surface area (Å²) in [5, 5.41) is 31.9. The maximum absolute atomic E-state index is 15.1. The smallest absolute Gasteiger partial charge is 0.326 e. The van der Waals surface area contributed by atoms with Crippen molar-refractivity contribution in [1.82, 2.24) is 52.2 Å². The molecule has 0 aliphatic heterocycles. The number of unbranched alkanes of at least 4 members (excludes halogenated alkanes) is 1. The first kappa shape index (κ1) is 67.8. The summed E-state index contributed by atoms with van der Waals surface area (Å²) in [5.74, 6) is -8.16. The molecule has 88 heavy (non-hydrogen) atoms. The number of fused-ring (bicyclic) bond motifs is 3. The second-order valence-corrected chi connectivity index (χ2v) is 23.1. The van der Waals surface area contributed by atoms with Gasteiger partial charge in [-0.2, -0.15) is 0 Å². The van der Waals surface area contributed by atoms with Crippen molar-refractivity contribution in [2.45, 2.75) is 153 Å². The predicted molar refractivity (Wildman–Crippen MR) is 335 cm³/mol. The van der Waals surface area contributed by atoms with Crippen molar-refractivity contribution in [3.8, 4) is 0 Å². The molecular formula is C62H86N16O10. The van der Waals surface area contributed by atoms with Crippen LogP contribution in [-0.2, 0) is 62.4 Å². The van der Waals surface area contributed by atoms with Crippen LogP contribution in [0.15, 0.2) is 96.4 Å². The van der Waals surface area contributed by atoms with Crippen molar-refractivity contribution in [3.63, 3.8) is 0 Å². The third kappa shape index (κ3) is 20.1. The van der Waals surface area contributed by atoms with E-state index >= 15 is 4.79 Å². The van der Waals surface area contributed by atoms with Crippen LogP contribution in [0.1, 0.15) is 102 Å². The number of primary amides is 1. The molecule has 26 heteroatoms. The fourth-order valence-corrected chi connectivity index (χ4v) is 10.5. The Morgan fingerprint density at radius 3 is 1.24 bits per heavy atom. The lowest BCUT2D eigenvalue weighted by atomic mass is 9.98. The molecule has 3 aromatic heterocycles. The number of carbonyl (C=O) groups is 9. The highest BCUT2D eigenvalue weighted by Crippen LogP contribution is 2.23. The average molecular weight is 1220 g/mol. The normalized spacial score (nSPS) is 14.2. The zero-order chi connectivity index (χ0) is 64.0. The van der Waals surface area contributed by atoms with Crippen molar-refractivity contribution in [1.29, 1.82) is 0 Å². The second-order valence-electron chi connectivity index (χ2n) is 23.1. The second kappa shape index (κ2) is 33.0. The number of aromatic nitrogens is 3. The number of carboxylic acids is 1. The number of guanidine groups is 1. The number of aliphatic carboxylic acids is 1. The molecule has 6 aromatic rings. The number of amides is 8. The van der Waals surface area contributed by atoms with Gasteiger partial charge in [-0.1, -0.05) is 88.7 Å². The third-order valence-electron chi connectivity index (χ3n) is 15.1. The average Bonchev–Trinajstić information content (AvgIpc) is 4.45. The number of hydrogen-bond donors (Lipinski definition) is 16. The summed E-state index contributed by atoms with van der Waals surface area (Å²) in [7, 11) is 0. The number of hydrogen-bond acceptors (Lipinski definition) is 12. The van der Waals surface area contributed by atoms with Crippen molar-refractivity contribution in [2.24, 2.45) is 45.5 Å². The van der Waals surface area contributed by atoms with Crippen LogP contribution in [0.5, 0.6) is 0 Å². The Hall–Kier alpha value is -9.30. The number of para-hydroxylation sites is 3. The molecule has 0 aliphatic carbocycles. The molecule has 26 nitrogen and oxygen atoms in total. The molecule has 0 saturated heterocycles. The van der Waals surface area contributed by atoms with Gasteiger partial charge in [-0.3, -0.25) is 43.3 Å². The van der Waals surface area contributed by atoms with Crippen molar-refractivity contribution in [3.05, 3.63) is 108 Å². The third-order valence-corrected chi connectivity index (χ3v) is 15.1. The molecule has 8 atom stereocenters. The van der Waals surface area contributed by atoms with Gasteiger partial charge in [0.05, 0.1) is 6.04 Å². The van der Waals surface area contributed by atoms with E-state index in [1.54, 1.807) is 24.7 Å². The highest BCUT2D eigenvalue weighted by molar-refractivity contribution is 5.99. The van der Waals surface area contributed by atoms with Crippen molar-refractivity contribution < 1.29 is 48.3 Å². The number of nitrogens with zero attached hydrogens (tertiary/aromatic N) is 1. The van der Waals surface area contributed by atoms with Gasteiger partial charge in [0.25, 0.3) is 0 Å². The van der Waals surface area contributed by atoms with Crippen LogP contribution in [0.2, 0.25) is 0 Å². The topological polar surface area (TPSA) is 448 Å². The Kier molecular flexibility index (Phi) is 25.4. The number of rotatable bonds is 36. The number of benzene rings is 3. The van der Waals surface area contributed by atoms with E-state index in [0.29, 0.717) is 36.1 Å². The minimum absolute atomic E-state index is 0.0370. The SMILES string of the molecule is CC(C)C[C@H](NC(=O)[C@H](Cc1c[nH]c2ccccc12)NC(=O)[C@H](CC(C)C)NC(=O)[C@H](Cc1c[nH]c2ccccc12)NC(=O)[C@H](CCCN=C(N)N)NC(=O)[C@H](CCC(N)=O)NC(=O)[C@@H](N)CCCCN)C(=O)N[C@@H](Cc1c[nH]c2ccccc12)C(=O)O. The molecule has 6 rings (SSSR count). The first-order chi connectivity index (χ1) is 42.0. The van der Waals surface area contributed by atoms with Gasteiger partial charge in [0.1, 0.15) is 42.3 Å². The first-order valence-corrected chi connectivity index (χ1v) is 29.8. The summed E-state index contributed by atoms with van der Waals surface area (Å²) >= 11 is 0. The number of carbonyl (C=O) groups excluding carboxylic acids is 8. The standard InChI is InChI=1S/C62H86N16O10/c1-34(2)26-48(57(83)77-51(29-37-32-70-44-19-9-6-15-40(37)44)60(86)75-49(27-35(3)4)58(84)78-52(61(87)88)30-38-33-71-45-20-10-7-16-41(38)45)74-59(85)50(28-36-31-69-43-18-8-5-14-39(36)43)76-55(81)46(21-13-25-68-62(66)67)73-56(82)47(22-23-53(65)79)72-54(80)42(64)17-11-12-24-63/h5-10,14-16,18-20,31-35,42,46-52,69-71H,11-13,17,21-30,63-64H2,1-4H3,(H2,65,79)(H,72,80)(H,73,82)(H,74,85)(H,75,86)(H,76,81)(H,77,83)(H,78,84)(H,87,88)(H4,66,67,68)/t42-,46-,47-,48-,49-,50-,51-,52-/m0/s1. The molecular weight excluding hydrogens is 1130 g/mol. The van der Waals surface area contributed by atoms with E-state index in [1.807, 2.05) is 94.4 Å². The lowest BCUT2D eigenvalue weighted by Gasteiger charge is -2.29. The quantitative estimate of drug-likeness (QED) is 0.0151. The Morgan fingerprint density at radius 1 is 0.466 bits per heavy atom. The maximum atomic E-state index is 15.1. The summed E-state index contributed by atoms with van der Waals surface area (Å²) in [4.78, 5) is 140. The van der Waals surface area contributed by atoms with E-state index in [2.05, 4.69) is 57.2 Å². The molecule has 0 aliphatic rings. The fraction of sp³-hybridized carbons (Fsp3) is 0.452. The molecule has 0 spiro atoms. The van der Waals surface area contributed by atoms with Crippen LogP contribution < -0.4 is 65.9 Å². The van der Waals surface area contributed by atoms with Crippen LogP contribution in [0.25, 0.3) is 32.7 Å². The van der Waals surface area contributed by atoms with Crippen LogP contribution in [0.4, 0.5) is 0 Å². The van der Waals surface area contributed by atoms with Crippen LogP contribution in [0.3, 0.4) is 0 Å². The highest BCUT2D eigenvalue weighted by Gasteiger charge is 2.36. The number of H-pyrrole nitrogens is 3. The molecule has 0 saturated carbocycles. The van der Waals surface area contributed by atoms with Gasteiger partial charge < -0.3 is 85.9 Å². The predicted octanol–water partition coefficient (Wildman–Crippen LogP) is 1.50. The number of nitrogens with two attached hydrogens (primary N) is 5. The summed E-state index contributed by atoms with van der Waals surface area (Å²) in [6.45, 7) is 7.76. The van der Waals surface area contributed by atoms with Crippen LogP contribution in [0, 0.1) is 11.8 Å². The van der Waals surface area contributed by atoms with E-state index in [1.165, 1.54) is 0 Å². The number of carboxylic acid groups (broad SMARTS) is 1. The summed E-state index contributed by atoms with van der Waals surface area (Å²) in [6, 6.07) is 11.4. The molecule has 3 heterocycles. The first-order valence-electron chi connectivity index (χ1n) is 29.8. The summed E-state index contributed by atoms with van der Waals surface area (Å²) < 4.78 is 0. The van der Waals surface area contributed by atoms with Gasteiger partial charge in [-0.05, 0) is 98.2 Å². The van der Waals surface area contributed by atoms with Gasteiger partial charge >= 0.3 is 5.97 Å². The van der Waals surface area contributed by atoms with E-state index in [9.17, 15) is 43.5 Å². The van der Waals surface area contributed by atoms with E-state index in [4.69, 9.17) is 28.7 Å². The van der Waals surface area contributed by atoms with Gasteiger partial charge in [0, 0.05) is 83.5 Å².